The fourth-order valence-corrected chi connectivity index (χ4v) is 3.97. The average Bonchev–Trinajstić information content (AvgIpc) is 2.85. The standard InChI is InChI=1S/C25H16ClF3IN3O5/c1-2-37-22-11-14(9-15(13-31)24(34)32-18-6-4-17(26)5-7-18)10-19(30)23(22)38-21-8-3-16(25(27,28)29)12-20(21)33(35)36/h3-12H,2H2,1H3,(H,32,34)/b15-9+. The molecule has 3 aromatic rings. The SMILES string of the molecule is CCOc1cc(/C=C(\C#N)C(=O)Nc2ccc(Cl)cc2)cc(I)c1Oc1ccc(C(F)(F)F)cc1[N+](=O)[O-]. The van der Waals surface area contributed by atoms with Crippen LogP contribution in [0.25, 0.3) is 6.08 Å². The summed E-state index contributed by atoms with van der Waals surface area (Å²) in [6, 6.07) is 13.0. The Morgan fingerprint density at radius 3 is 2.45 bits per heavy atom. The number of hydrogen-bond donors (Lipinski definition) is 1. The van der Waals surface area contributed by atoms with Gasteiger partial charge in [0.25, 0.3) is 5.91 Å². The van der Waals surface area contributed by atoms with Crippen LogP contribution in [0.2, 0.25) is 5.02 Å². The zero-order valence-electron chi connectivity index (χ0n) is 19.3. The van der Waals surface area contributed by atoms with Gasteiger partial charge in [0.2, 0.25) is 5.75 Å². The number of nitrogens with zero attached hydrogens (tertiary/aromatic N) is 2. The summed E-state index contributed by atoms with van der Waals surface area (Å²) in [6.07, 6.45) is -3.47. The van der Waals surface area contributed by atoms with E-state index in [0.29, 0.717) is 32.0 Å². The van der Waals surface area contributed by atoms with E-state index in [0.717, 1.165) is 6.07 Å². The van der Waals surface area contributed by atoms with E-state index in [1.807, 2.05) is 28.7 Å². The molecule has 196 valence electrons. The maximum Gasteiger partial charge on any atom is 0.416 e. The minimum Gasteiger partial charge on any atom is -0.490 e. The number of hydrogen-bond acceptors (Lipinski definition) is 6. The number of alkyl halides is 3. The predicted octanol–water partition coefficient (Wildman–Crippen LogP) is 7.61. The van der Waals surface area contributed by atoms with Crippen molar-refractivity contribution in [3.05, 3.63) is 90.0 Å². The molecule has 0 saturated carbocycles. The van der Waals surface area contributed by atoms with Gasteiger partial charge in [0.05, 0.1) is 20.7 Å². The first kappa shape index (κ1) is 28.7. The van der Waals surface area contributed by atoms with Gasteiger partial charge >= 0.3 is 11.9 Å². The third-order valence-corrected chi connectivity index (χ3v) is 5.86. The summed E-state index contributed by atoms with van der Waals surface area (Å²) in [5.41, 5.74) is -1.52. The van der Waals surface area contributed by atoms with Crippen molar-refractivity contribution >= 4 is 57.5 Å². The molecule has 13 heteroatoms. The highest BCUT2D eigenvalue weighted by Crippen LogP contribution is 2.42. The van der Waals surface area contributed by atoms with E-state index in [9.17, 15) is 33.3 Å². The van der Waals surface area contributed by atoms with E-state index in [4.69, 9.17) is 21.1 Å². The summed E-state index contributed by atoms with van der Waals surface area (Å²) < 4.78 is 50.7. The molecule has 0 unspecified atom stereocenters. The lowest BCUT2D eigenvalue weighted by Gasteiger charge is -2.15. The first-order valence-corrected chi connectivity index (χ1v) is 12.1. The van der Waals surface area contributed by atoms with Crippen molar-refractivity contribution in [3.63, 3.8) is 0 Å². The molecule has 0 radical (unpaired) electrons. The summed E-state index contributed by atoms with van der Waals surface area (Å²) in [4.78, 5) is 23.1. The number of ether oxygens (including phenoxy) is 2. The van der Waals surface area contributed by atoms with E-state index in [1.165, 1.54) is 18.2 Å². The van der Waals surface area contributed by atoms with Crippen molar-refractivity contribution in [1.29, 1.82) is 5.26 Å². The number of anilines is 1. The second kappa shape index (κ2) is 12.1. The van der Waals surface area contributed by atoms with Crippen LogP contribution in [0.5, 0.6) is 17.2 Å². The average molecular weight is 658 g/mol. The van der Waals surface area contributed by atoms with Crippen LogP contribution in [-0.4, -0.2) is 17.4 Å². The molecular weight excluding hydrogens is 642 g/mol. The van der Waals surface area contributed by atoms with Gasteiger partial charge in [0.15, 0.2) is 11.5 Å². The van der Waals surface area contributed by atoms with Gasteiger partial charge in [-0.1, -0.05) is 11.6 Å². The molecule has 3 aromatic carbocycles. The van der Waals surface area contributed by atoms with Crippen molar-refractivity contribution < 1.29 is 32.4 Å². The van der Waals surface area contributed by atoms with Crippen molar-refractivity contribution in [1.82, 2.24) is 0 Å². The normalized spacial score (nSPS) is 11.4. The van der Waals surface area contributed by atoms with Gasteiger partial charge in [-0.3, -0.25) is 14.9 Å². The lowest BCUT2D eigenvalue weighted by molar-refractivity contribution is -0.385. The number of nitriles is 1. The molecule has 0 aliphatic heterocycles. The van der Waals surface area contributed by atoms with Crippen LogP contribution in [0.15, 0.2) is 60.2 Å². The number of carbonyl (C=O) groups is 1. The number of benzene rings is 3. The van der Waals surface area contributed by atoms with E-state index in [1.54, 1.807) is 31.2 Å². The zero-order chi connectivity index (χ0) is 28.0. The van der Waals surface area contributed by atoms with Gasteiger partial charge in [0.1, 0.15) is 11.6 Å². The van der Waals surface area contributed by atoms with Crippen LogP contribution >= 0.6 is 34.2 Å². The van der Waals surface area contributed by atoms with Crippen LogP contribution < -0.4 is 14.8 Å². The number of amides is 1. The fraction of sp³-hybridized carbons (Fsp3) is 0.120. The van der Waals surface area contributed by atoms with Crippen LogP contribution in [-0.2, 0) is 11.0 Å². The molecule has 0 aliphatic carbocycles. The van der Waals surface area contributed by atoms with Gasteiger partial charge in [-0.15, -0.1) is 0 Å². The molecule has 0 aliphatic rings. The number of carbonyl (C=O) groups excluding carboxylic acids is 1. The van der Waals surface area contributed by atoms with Crippen molar-refractivity contribution in [3.8, 4) is 23.3 Å². The minimum absolute atomic E-state index is 0.0107. The van der Waals surface area contributed by atoms with E-state index < -0.39 is 34.0 Å². The molecular formula is C25H16ClF3IN3O5. The van der Waals surface area contributed by atoms with E-state index >= 15 is 0 Å². The maximum atomic E-state index is 13.0. The quantitative estimate of drug-likeness (QED) is 0.0877. The summed E-state index contributed by atoms with van der Waals surface area (Å²) in [6.45, 7) is 1.82. The predicted molar refractivity (Wildman–Crippen MR) is 142 cm³/mol. The minimum atomic E-state index is -4.78. The zero-order valence-corrected chi connectivity index (χ0v) is 22.2. The van der Waals surface area contributed by atoms with Gasteiger partial charge in [-0.05, 0) is 89.7 Å². The summed E-state index contributed by atoms with van der Waals surface area (Å²) in [7, 11) is 0. The molecule has 38 heavy (non-hydrogen) atoms. The van der Waals surface area contributed by atoms with Crippen molar-refractivity contribution in [2.24, 2.45) is 0 Å². The Hall–Kier alpha value is -3.83. The lowest BCUT2D eigenvalue weighted by Crippen LogP contribution is -2.13. The molecule has 0 bridgehead atoms. The number of nitro benzene ring substituents is 1. The molecule has 0 heterocycles. The third kappa shape index (κ3) is 7.14. The first-order valence-electron chi connectivity index (χ1n) is 10.6. The molecule has 0 aromatic heterocycles. The Labute approximate surface area is 232 Å². The fourth-order valence-electron chi connectivity index (χ4n) is 3.11. The molecule has 0 atom stereocenters. The molecule has 0 fully saturated rings. The number of halogens is 5. The third-order valence-electron chi connectivity index (χ3n) is 4.80. The van der Waals surface area contributed by atoms with E-state index in [2.05, 4.69) is 5.32 Å². The van der Waals surface area contributed by atoms with Crippen LogP contribution in [0.3, 0.4) is 0 Å². The second-order valence-corrected chi connectivity index (χ2v) is 9.03. The summed E-state index contributed by atoms with van der Waals surface area (Å²) in [5.74, 6) is -0.999. The topological polar surface area (TPSA) is 114 Å². The Balaban J connectivity index is 1.97. The smallest absolute Gasteiger partial charge is 0.416 e. The Morgan fingerprint density at radius 1 is 1.18 bits per heavy atom. The van der Waals surface area contributed by atoms with Crippen molar-refractivity contribution in [2.75, 3.05) is 11.9 Å². The van der Waals surface area contributed by atoms with E-state index in [-0.39, 0.29) is 23.7 Å². The maximum absolute atomic E-state index is 13.0. The first-order chi connectivity index (χ1) is 17.9. The Bertz CT molecular complexity index is 1450. The van der Waals surface area contributed by atoms with Gasteiger partial charge in [0, 0.05) is 16.8 Å². The molecule has 0 saturated heterocycles. The molecule has 0 spiro atoms. The van der Waals surface area contributed by atoms with Crippen LogP contribution in [0.1, 0.15) is 18.1 Å². The molecule has 8 nitrogen and oxygen atoms in total. The van der Waals surface area contributed by atoms with Crippen molar-refractivity contribution in [2.45, 2.75) is 13.1 Å². The highest BCUT2D eigenvalue weighted by Gasteiger charge is 2.33. The number of rotatable bonds is 8. The van der Waals surface area contributed by atoms with Gasteiger partial charge < -0.3 is 14.8 Å². The van der Waals surface area contributed by atoms with Crippen LogP contribution in [0.4, 0.5) is 24.5 Å². The van der Waals surface area contributed by atoms with Crippen LogP contribution in [0, 0.1) is 25.0 Å². The van der Waals surface area contributed by atoms with Gasteiger partial charge in [-0.2, -0.15) is 18.4 Å². The Morgan fingerprint density at radius 2 is 1.87 bits per heavy atom. The Kier molecular flexibility index (Phi) is 9.18. The number of nitrogens with one attached hydrogen (secondary N) is 1. The summed E-state index contributed by atoms with van der Waals surface area (Å²) in [5, 5.41) is 24.0. The molecule has 3 rings (SSSR count). The molecule has 1 N–H and O–H groups in total. The highest BCUT2D eigenvalue weighted by atomic mass is 127. The summed E-state index contributed by atoms with van der Waals surface area (Å²) >= 11 is 7.68. The second-order valence-electron chi connectivity index (χ2n) is 7.43. The van der Waals surface area contributed by atoms with Gasteiger partial charge in [-0.25, -0.2) is 0 Å². The lowest BCUT2D eigenvalue weighted by atomic mass is 10.1. The number of nitro groups is 1. The monoisotopic (exact) mass is 657 g/mol. The molecule has 1 amide bonds. The highest BCUT2D eigenvalue weighted by molar-refractivity contribution is 14.1. The largest absolute Gasteiger partial charge is 0.490 e.